The number of hydrogen-bond acceptors (Lipinski definition) is 4. The van der Waals surface area contributed by atoms with Gasteiger partial charge in [0.15, 0.2) is 0 Å². The van der Waals surface area contributed by atoms with Crippen LogP contribution in [0.4, 0.5) is 10.1 Å². The monoisotopic (exact) mass is 451 g/mol. The molecule has 1 aliphatic carbocycles. The average molecular weight is 452 g/mol. The summed E-state index contributed by atoms with van der Waals surface area (Å²) in [6.45, 7) is 0.368. The number of rotatable bonds is 6. The molecule has 7 heteroatoms. The highest BCUT2D eigenvalue weighted by molar-refractivity contribution is 7.12. The van der Waals surface area contributed by atoms with Gasteiger partial charge in [0.25, 0.3) is 11.8 Å². The number of halogens is 1. The maximum atomic E-state index is 13.8. The summed E-state index contributed by atoms with van der Waals surface area (Å²) in [5.74, 6) is -0.805. The third-order valence-corrected chi connectivity index (χ3v) is 6.69. The Hall–Kier alpha value is -3.03. The van der Waals surface area contributed by atoms with Crippen molar-refractivity contribution in [2.24, 2.45) is 5.73 Å². The normalized spacial score (nSPS) is 18.2. The van der Waals surface area contributed by atoms with E-state index in [0.29, 0.717) is 22.7 Å². The lowest BCUT2D eigenvalue weighted by Crippen LogP contribution is -2.51. The highest BCUT2D eigenvalue weighted by Crippen LogP contribution is 2.26. The minimum Gasteiger partial charge on any atom is -0.330 e. The largest absolute Gasteiger partial charge is 0.330 e. The SMILES string of the molecule is NC1CCCCC1N(Cc1ccc(NC(=O)c2cccs2)cc1)C(=O)c1cccc(F)c1. The minimum absolute atomic E-state index is 0.0993. The fourth-order valence-corrected chi connectivity index (χ4v) is 4.76. The van der Waals surface area contributed by atoms with Gasteiger partial charge in [-0.25, -0.2) is 4.39 Å². The molecule has 5 nitrogen and oxygen atoms in total. The van der Waals surface area contributed by atoms with Crippen LogP contribution in [-0.4, -0.2) is 28.8 Å². The van der Waals surface area contributed by atoms with Crippen LogP contribution >= 0.6 is 11.3 Å². The Labute approximate surface area is 191 Å². The highest BCUT2D eigenvalue weighted by atomic mass is 32.1. The lowest BCUT2D eigenvalue weighted by atomic mass is 9.89. The van der Waals surface area contributed by atoms with Crippen LogP contribution in [0.15, 0.2) is 66.0 Å². The van der Waals surface area contributed by atoms with Crippen LogP contribution in [0, 0.1) is 5.82 Å². The fourth-order valence-electron chi connectivity index (χ4n) is 4.14. The Morgan fingerprint density at radius 1 is 1.06 bits per heavy atom. The Morgan fingerprint density at radius 3 is 2.53 bits per heavy atom. The number of thiophene rings is 1. The molecule has 0 radical (unpaired) electrons. The van der Waals surface area contributed by atoms with Crippen molar-refractivity contribution in [2.45, 2.75) is 44.3 Å². The third kappa shape index (κ3) is 5.23. The quantitative estimate of drug-likeness (QED) is 0.551. The molecule has 0 saturated heterocycles. The van der Waals surface area contributed by atoms with Crippen molar-refractivity contribution in [3.05, 3.63) is 87.9 Å². The number of amides is 2. The van der Waals surface area contributed by atoms with Crippen molar-refractivity contribution < 1.29 is 14.0 Å². The van der Waals surface area contributed by atoms with E-state index < -0.39 is 5.82 Å². The molecule has 1 aromatic heterocycles. The molecule has 166 valence electrons. The van der Waals surface area contributed by atoms with E-state index in [1.807, 2.05) is 35.7 Å². The van der Waals surface area contributed by atoms with Gasteiger partial charge < -0.3 is 16.0 Å². The summed E-state index contributed by atoms with van der Waals surface area (Å²) in [5, 5.41) is 4.74. The molecule has 2 amide bonds. The van der Waals surface area contributed by atoms with E-state index in [-0.39, 0.29) is 23.9 Å². The average Bonchev–Trinajstić information content (AvgIpc) is 3.34. The van der Waals surface area contributed by atoms with Crippen molar-refractivity contribution in [2.75, 3.05) is 5.32 Å². The van der Waals surface area contributed by atoms with Gasteiger partial charge in [0.05, 0.1) is 4.88 Å². The van der Waals surface area contributed by atoms with Gasteiger partial charge in [-0.3, -0.25) is 9.59 Å². The fraction of sp³-hybridized carbons (Fsp3) is 0.280. The van der Waals surface area contributed by atoms with Crippen molar-refractivity contribution in [1.29, 1.82) is 0 Å². The second kappa shape index (κ2) is 10.1. The Bertz CT molecular complexity index is 1070. The number of carbonyl (C=O) groups excluding carboxylic acids is 2. The second-order valence-corrected chi connectivity index (χ2v) is 9.04. The molecule has 1 saturated carbocycles. The number of anilines is 1. The first kappa shape index (κ1) is 22.2. The van der Waals surface area contributed by atoms with Crippen LogP contribution in [0.2, 0.25) is 0 Å². The molecule has 2 aromatic carbocycles. The van der Waals surface area contributed by atoms with E-state index in [2.05, 4.69) is 5.32 Å². The second-order valence-electron chi connectivity index (χ2n) is 8.09. The van der Waals surface area contributed by atoms with E-state index in [1.54, 1.807) is 23.1 Å². The molecule has 3 N–H and O–H groups in total. The zero-order chi connectivity index (χ0) is 22.5. The van der Waals surface area contributed by atoms with Gasteiger partial charge in [0, 0.05) is 29.9 Å². The Balaban J connectivity index is 1.52. The number of nitrogens with two attached hydrogens (primary N) is 1. The van der Waals surface area contributed by atoms with Crippen molar-refractivity contribution in [3.8, 4) is 0 Å². The molecule has 2 unspecified atom stereocenters. The van der Waals surface area contributed by atoms with E-state index in [4.69, 9.17) is 5.73 Å². The summed E-state index contributed by atoms with van der Waals surface area (Å²) in [6, 6.07) is 16.6. The number of hydrogen-bond donors (Lipinski definition) is 2. The molecular weight excluding hydrogens is 425 g/mol. The predicted molar refractivity (Wildman–Crippen MR) is 125 cm³/mol. The first-order chi connectivity index (χ1) is 15.5. The van der Waals surface area contributed by atoms with Gasteiger partial charge >= 0.3 is 0 Å². The number of nitrogens with one attached hydrogen (secondary N) is 1. The summed E-state index contributed by atoms with van der Waals surface area (Å²) in [4.78, 5) is 28.0. The minimum atomic E-state index is -0.436. The Morgan fingerprint density at radius 2 is 1.84 bits per heavy atom. The van der Waals surface area contributed by atoms with Crippen molar-refractivity contribution in [1.82, 2.24) is 4.90 Å². The van der Waals surface area contributed by atoms with Gasteiger partial charge in [-0.15, -0.1) is 11.3 Å². The molecule has 3 aromatic rings. The van der Waals surface area contributed by atoms with E-state index in [9.17, 15) is 14.0 Å². The molecule has 2 atom stereocenters. The molecule has 4 rings (SSSR count). The Kier molecular flexibility index (Phi) is 6.97. The van der Waals surface area contributed by atoms with E-state index >= 15 is 0 Å². The number of benzene rings is 2. The number of nitrogens with zero attached hydrogens (tertiary/aromatic N) is 1. The molecule has 1 aliphatic rings. The first-order valence-corrected chi connectivity index (χ1v) is 11.6. The molecule has 32 heavy (non-hydrogen) atoms. The van der Waals surface area contributed by atoms with Crippen LogP contribution in [0.5, 0.6) is 0 Å². The topological polar surface area (TPSA) is 75.4 Å². The highest BCUT2D eigenvalue weighted by Gasteiger charge is 2.31. The maximum absolute atomic E-state index is 13.8. The molecule has 1 fully saturated rings. The maximum Gasteiger partial charge on any atom is 0.265 e. The third-order valence-electron chi connectivity index (χ3n) is 5.82. The molecular formula is C25H26FN3O2S. The summed E-state index contributed by atoms with van der Waals surface area (Å²) in [5.41, 5.74) is 8.31. The standard InChI is InChI=1S/C25H26FN3O2S/c26-19-6-3-5-18(15-19)25(31)29(22-8-2-1-7-21(22)27)16-17-10-12-20(13-11-17)28-24(30)23-9-4-14-32-23/h3-6,9-15,21-22H,1-2,7-8,16,27H2,(H,28,30). The summed E-state index contributed by atoms with van der Waals surface area (Å²) in [7, 11) is 0. The van der Waals surface area contributed by atoms with E-state index in [1.165, 1.54) is 23.5 Å². The van der Waals surface area contributed by atoms with Crippen molar-refractivity contribution >= 4 is 28.8 Å². The molecule has 1 heterocycles. The van der Waals surface area contributed by atoms with Crippen LogP contribution in [0.3, 0.4) is 0 Å². The van der Waals surface area contributed by atoms with Gasteiger partial charge in [-0.05, 0) is 60.2 Å². The lowest BCUT2D eigenvalue weighted by Gasteiger charge is -2.38. The van der Waals surface area contributed by atoms with Crippen molar-refractivity contribution in [3.63, 3.8) is 0 Å². The van der Waals surface area contributed by atoms with E-state index in [0.717, 1.165) is 31.2 Å². The van der Waals surface area contributed by atoms with Crippen LogP contribution in [0.1, 0.15) is 51.3 Å². The predicted octanol–water partition coefficient (Wildman–Crippen LogP) is 5.05. The van der Waals surface area contributed by atoms with Gasteiger partial charge in [-0.2, -0.15) is 0 Å². The van der Waals surface area contributed by atoms with Gasteiger partial charge in [-0.1, -0.05) is 37.1 Å². The molecule has 0 aliphatic heterocycles. The smallest absolute Gasteiger partial charge is 0.265 e. The van der Waals surface area contributed by atoms with Crippen LogP contribution < -0.4 is 11.1 Å². The van der Waals surface area contributed by atoms with Gasteiger partial charge in [0.2, 0.25) is 0 Å². The van der Waals surface area contributed by atoms with Gasteiger partial charge in [0.1, 0.15) is 5.82 Å². The zero-order valence-electron chi connectivity index (χ0n) is 17.7. The lowest BCUT2D eigenvalue weighted by molar-refractivity contribution is 0.0583. The summed E-state index contributed by atoms with van der Waals surface area (Å²) in [6.07, 6.45) is 3.76. The molecule has 0 spiro atoms. The number of carbonyl (C=O) groups is 2. The zero-order valence-corrected chi connectivity index (χ0v) is 18.5. The summed E-state index contributed by atoms with van der Waals surface area (Å²) < 4.78 is 13.8. The molecule has 0 bridgehead atoms. The van der Waals surface area contributed by atoms with Crippen LogP contribution in [-0.2, 0) is 6.54 Å². The first-order valence-electron chi connectivity index (χ1n) is 10.8. The summed E-state index contributed by atoms with van der Waals surface area (Å²) >= 11 is 1.39. The van der Waals surface area contributed by atoms with Crippen LogP contribution in [0.25, 0.3) is 0 Å².